The van der Waals surface area contributed by atoms with Crippen LogP contribution in [0.25, 0.3) is 54.5 Å². The number of nitrogens with zero attached hydrogens (tertiary/aromatic N) is 6. The summed E-state index contributed by atoms with van der Waals surface area (Å²) in [7, 11) is 1.76. The first-order chi connectivity index (χ1) is 59.8. The number of aromatic nitrogens is 5. The fraction of sp³-hybridized carbons (Fsp3) is 0.411. The van der Waals surface area contributed by atoms with Gasteiger partial charge in [0.25, 0.3) is 0 Å². The van der Waals surface area contributed by atoms with Crippen molar-refractivity contribution < 1.29 is 116 Å². The number of carbonyl (C=O) groups excluding carboxylic acids is 10. The van der Waals surface area contributed by atoms with Crippen molar-refractivity contribution in [1.29, 1.82) is 5.41 Å². The molecule has 125 heavy (non-hydrogen) atoms. The Kier molecular flexibility index (Phi) is 43.3. The summed E-state index contributed by atoms with van der Waals surface area (Å²) in [5, 5.41) is 33.2. The molecule has 5 fully saturated rings. The quantitative estimate of drug-likeness (QED) is 0.0302. The molecular weight excluding hydrogens is 1610 g/mol. The van der Waals surface area contributed by atoms with Crippen molar-refractivity contribution >= 4 is 108 Å². The third-order valence-electron chi connectivity index (χ3n) is 21.9. The second kappa shape index (κ2) is 53.2. The van der Waals surface area contributed by atoms with Crippen LogP contribution >= 0.6 is 0 Å². The summed E-state index contributed by atoms with van der Waals surface area (Å²) in [5.74, 6) is 4.81. The smallest absolute Gasteiger partial charge is 0.508 e. The number of aliphatic hydroxyl groups is 1. The molecule has 5 aliphatic rings. The van der Waals surface area contributed by atoms with Crippen LogP contribution in [0.15, 0.2) is 140 Å². The molecular formula is C95H112N11NaO18. The Balaban J connectivity index is 0.000000232. The van der Waals surface area contributed by atoms with E-state index in [0.29, 0.717) is 51.1 Å². The number of nitrogens with one attached hydrogen (secondary N) is 1. The largest absolute Gasteiger partial charge is 1.00 e. The molecule has 5 atom stereocenters. The van der Waals surface area contributed by atoms with Crippen LogP contribution in [0.4, 0.5) is 22.7 Å². The number of aryl methyl sites for hydroxylation is 6. The van der Waals surface area contributed by atoms with E-state index >= 15 is 0 Å². The monoisotopic (exact) mass is 1720 g/mol. The number of fused-ring (bicyclic) bond motifs is 5. The van der Waals surface area contributed by atoms with Crippen LogP contribution in [0.1, 0.15) is 169 Å². The fourth-order valence-electron chi connectivity index (χ4n) is 16.1. The Morgan fingerprint density at radius 2 is 0.848 bits per heavy atom. The zero-order valence-electron chi connectivity index (χ0n) is 72.6. The van der Waals surface area contributed by atoms with Gasteiger partial charge in [0.15, 0.2) is 0 Å². The number of aliphatic hydroxyl groups excluding tert-OH is 1. The number of likely N-dealkylation sites (tertiary alicyclic amines) is 1. The van der Waals surface area contributed by atoms with Crippen molar-refractivity contribution in [3.8, 4) is 28.7 Å². The predicted molar refractivity (Wildman–Crippen MR) is 464 cm³/mol. The van der Waals surface area contributed by atoms with Gasteiger partial charge in [-0.05, 0) is 259 Å². The van der Waals surface area contributed by atoms with E-state index in [2.05, 4.69) is 69.0 Å². The summed E-state index contributed by atoms with van der Waals surface area (Å²) in [6.07, 6.45) is 23.3. The van der Waals surface area contributed by atoms with Crippen LogP contribution in [0, 0.1) is 64.9 Å². The van der Waals surface area contributed by atoms with Crippen molar-refractivity contribution in [3.05, 3.63) is 191 Å². The van der Waals surface area contributed by atoms with Crippen LogP contribution in [-0.2, 0) is 59.2 Å². The van der Waals surface area contributed by atoms with Crippen LogP contribution in [0.3, 0.4) is 0 Å². The Bertz CT molecular complexity index is 5350. The van der Waals surface area contributed by atoms with Gasteiger partial charge in [0, 0.05) is 47.8 Å². The second-order valence-corrected chi connectivity index (χ2v) is 31.0. The molecule has 30 heteroatoms. The average Bonchev–Trinajstić information content (AvgIpc) is 0.831. The molecule has 29 nitrogen and oxygen atoms in total. The predicted octanol–water partition coefficient (Wildman–Crippen LogP) is 12.3. The molecule has 0 spiro atoms. The van der Waals surface area contributed by atoms with Gasteiger partial charge in [-0.25, -0.2) is 6.07 Å². The number of hydrogen-bond acceptors (Lipinski definition) is 28. The maximum atomic E-state index is 10.3. The third-order valence-corrected chi connectivity index (χ3v) is 21.9. The summed E-state index contributed by atoms with van der Waals surface area (Å²) < 4.78 is 37.5. The summed E-state index contributed by atoms with van der Waals surface area (Å²) in [5.41, 5.74) is 38.5. The molecule has 16 rings (SSSR count). The number of rotatable bonds is 14. The van der Waals surface area contributed by atoms with Gasteiger partial charge in [0.05, 0.1) is 91.4 Å². The molecule has 1 saturated heterocycles. The van der Waals surface area contributed by atoms with E-state index in [-0.39, 0.29) is 90.6 Å². The number of ether oxygens (including phenoxy) is 6. The summed E-state index contributed by atoms with van der Waals surface area (Å²) in [6, 6.07) is 48.4. The first kappa shape index (κ1) is 102. The van der Waals surface area contributed by atoms with Crippen molar-refractivity contribution in [2.24, 2.45) is 11.8 Å². The van der Waals surface area contributed by atoms with E-state index in [1.165, 1.54) is 75.3 Å². The normalized spacial score (nSPS) is 17.1. The number of piperidine rings is 1. The van der Waals surface area contributed by atoms with Gasteiger partial charge in [-0.3, -0.25) is 30.2 Å². The summed E-state index contributed by atoms with van der Waals surface area (Å²) in [6.45, 7) is 17.8. The molecule has 6 heterocycles. The van der Waals surface area contributed by atoms with E-state index in [9.17, 15) is 10.3 Å². The number of hydrogen-bond donors (Lipinski definition) is 7. The van der Waals surface area contributed by atoms with Gasteiger partial charge < -0.3 is 61.7 Å². The summed E-state index contributed by atoms with van der Waals surface area (Å²) in [4.78, 5) is 102. The Morgan fingerprint density at radius 1 is 0.456 bits per heavy atom. The number of methoxy groups -OCH3 is 1. The molecule has 4 saturated carbocycles. The molecule has 0 bridgehead atoms. The number of anilines is 4. The first-order valence-electron chi connectivity index (χ1n) is 41.5. The van der Waals surface area contributed by atoms with Gasteiger partial charge in [0.2, 0.25) is 0 Å². The number of benzene rings is 6. The minimum absolute atomic E-state index is 0. The zero-order chi connectivity index (χ0) is 90.2. The van der Waals surface area contributed by atoms with Gasteiger partial charge in [-0.2, -0.15) is 52.7 Å². The van der Waals surface area contributed by atoms with E-state index in [1.54, 1.807) is 20.1 Å². The van der Waals surface area contributed by atoms with Gasteiger partial charge in [-0.15, -0.1) is 5.69 Å². The maximum Gasteiger partial charge on any atom is 1.00 e. The fourth-order valence-corrected chi connectivity index (χ4v) is 16.1. The van der Waals surface area contributed by atoms with E-state index < -0.39 is 6.10 Å². The van der Waals surface area contributed by atoms with Crippen LogP contribution in [0.5, 0.6) is 28.7 Å². The zero-order valence-corrected chi connectivity index (χ0v) is 74.6. The van der Waals surface area contributed by atoms with Gasteiger partial charge >= 0.3 is 60.3 Å². The summed E-state index contributed by atoms with van der Waals surface area (Å²) >= 11 is 0. The number of pyridine rings is 5. The molecule has 1 aliphatic heterocycles. The van der Waals surface area contributed by atoms with E-state index in [1.807, 2.05) is 137 Å². The number of nitrogen functional groups attached to an aromatic ring is 4. The Morgan fingerprint density at radius 3 is 1.31 bits per heavy atom. The van der Waals surface area contributed by atoms with E-state index in [0.717, 1.165) is 190 Å². The van der Waals surface area contributed by atoms with E-state index in [4.69, 9.17) is 105 Å². The third kappa shape index (κ3) is 30.7. The maximum absolute atomic E-state index is 10.3. The first-order valence-corrected chi connectivity index (χ1v) is 41.5. The van der Waals surface area contributed by atoms with Crippen molar-refractivity contribution in [2.75, 3.05) is 49.7 Å². The molecule has 5 unspecified atom stereocenters. The molecule has 4 aliphatic carbocycles. The Hall–Kier alpha value is -12.1. The molecule has 11 N–H and O–H groups in total. The van der Waals surface area contributed by atoms with Crippen LogP contribution < -0.4 is 81.5 Å². The van der Waals surface area contributed by atoms with Gasteiger partial charge in [-0.1, -0.05) is 103 Å². The van der Waals surface area contributed by atoms with Gasteiger partial charge in [0.1, 0.15) is 35.2 Å². The standard InChI is InChI=1S/C24H29N3O.2C17H22N2O2.C16H20N2O2.C16H19N2O.5CO2.Na/c1-17-6-8-19(9-7-17)15-27-12-10-20(11-13-27)16-28-23-5-3-4-22-24(23)21(25)14-18(2)26-22;1-10-5-3-8-15(17(10)20)21-14-7-4-6-13-16(14)12(18)9-11(2)19-13;1-11-10-12(18)17-13(19-11)6-5-9-16(17)21-15-8-4-3-7-14(15)20-2;1-11-10-13(17)16-14(18(11)19)8-5-9-15(16)20-12-6-3-2-4-7-12;1-11-10-13(17)16-14(18-11)8-5-9-15(16)19-12-6-3-2-4-7-12;5*2-1-3;/h3-9,14,20H,10-13,15-16H2,1-2H3,(H2,25,26);4,6-7,9-10,15,17,20H,3,5,8H2,1-2H3,(H2,18,19);5-6,9-10,14-15H,3-4,7-8H2,1-2H3,(H2,18,19);5,8-10,12,17,19H,2-4,6-7H2,1H3;5,8-9,12H,2-4,6-7H2,1H3,(H2,17,18);;;;;;/q;;;;-1;;;;;;+1. The van der Waals surface area contributed by atoms with Crippen molar-refractivity contribution in [3.63, 3.8) is 0 Å². The molecule has 11 aromatic rings. The molecule has 6 aromatic carbocycles. The van der Waals surface area contributed by atoms with Crippen LogP contribution in [0.2, 0.25) is 0 Å². The second-order valence-electron chi connectivity index (χ2n) is 31.0. The molecule has 5 aromatic heterocycles. The molecule has 656 valence electrons. The van der Waals surface area contributed by atoms with Crippen LogP contribution in [-0.4, -0.2) is 134 Å². The topological polar surface area (TPSA) is 454 Å². The Labute approximate surface area is 749 Å². The minimum Gasteiger partial charge on any atom is -0.508 e. The average molecular weight is 1720 g/mol. The number of nitrogens with two attached hydrogens (primary N) is 4. The van der Waals surface area contributed by atoms with Crippen molar-refractivity contribution in [2.45, 2.75) is 214 Å². The van der Waals surface area contributed by atoms with Crippen molar-refractivity contribution in [1.82, 2.24) is 29.6 Å². The minimum atomic E-state index is -0.423. The molecule has 0 amide bonds. The SMILES string of the molecule is COC1CCCCC1Oc1cccc2nc(C)cc(N)c12.Cc1[c-]c(N)c2c(OC3CCCCC3)cccc2n1.Cc1cc(=N)c2c(OC3CCCCC3)cccc2n1O.Cc1cc(N)c2c(OC3CCCC(C)C3O)cccc2n1.Cc1ccc(CN2CCC(COc3cccc4nc(C)cc(N)c34)CC2)cc1.O=C=O.O=C=O.O=C=O.O=C=O.O=C=O.[Na+]. The molecule has 0 radical (unpaired) electrons.